The predicted octanol–water partition coefficient (Wildman–Crippen LogP) is 0.0525. The maximum Gasteiger partial charge on any atom is 0.191 e. The summed E-state index contributed by atoms with van der Waals surface area (Å²) < 4.78 is 0. The highest BCUT2D eigenvalue weighted by Crippen LogP contribution is 2.13. The zero-order chi connectivity index (χ0) is 9.84. The number of guanidine groups is 1. The van der Waals surface area contributed by atoms with E-state index in [0.717, 1.165) is 5.82 Å². The molecule has 4 N–H and O–H groups in total. The van der Waals surface area contributed by atoms with Gasteiger partial charge in [0.15, 0.2) is 5.96 Å². The lowest BCUT2D eigenvalue weighted by atomic mass is 10.4. The number of hydrogen-bond acceptors (Lipinski definition) is 3. The van der Waals surface area contributed by atoms with Gasteiger partial charge in [0.2, 0.25) is 0 Å². The number of aliphatic imine (C=N–C) groups is 1. The minimum atomic E-state index is 0.0411. The first-order valence-corrected chi connectivity index (χ1v) is 3.82. The highest BCUT2D eigenvalue weighted by atomic mass is 15.1. The Hall–Kier alpha value is -1.78. The van der Waals surface area contributed by atoms with Crippen LogP contribution in [-0.4, -0.2) is 25.0 Å². The number of aromatic nitrogens is 1. The zero-order valence-corrected chi connectivity index (χ0v) is 7.73. The van der Waals surface area contributed by atoms with E-state index in [-0.39, 0.29) is 5.96 Å². The molecule has 0 spiro atoms. The van der Waals surface area contributed by atoms with Crippen LogP contribution in [0.1, 0.15) is 0 Å². The smallest absolute Gasteiger partial charge is 0.191 e. The molecule has 0 bridgehead atoms. The largest absolute Gasteiger partial charge is 0.370 e. The molecule has 1 aromatic rings. The van der Waals surface area contributed by atoms with Gasteiger partial charge in [0, 0.05) is 14.1 Å². The van der Waals surface area contributed by atoms with Crippen LogP contribution >= 0.6 is 0 Å². The standard InChI is InChI=1S/C8H13N5/c1-13(2)7-4-3-6(5-11-7)12-8(9)10/h3-5H,1-2H3,(H4,9,10,12). The average molecular weight is 179 g/mol. The molecule has 0 saturated heterocycles. The molecule has 0 saturated carbocycles. The van der Waals surface area contributed by atoms with E-state index in [1.54, 1.807) is 6.20 Å². The fourth-order valence-electron chi connectivity index (χ4n) is 0.858. The summed E-state index contributed by atoms with van der Waals surface area (Å²) in [5, 5.41) is 0. The minimum Gasteiger partial charge on any atom is -0.370 e. The van der Waals surface area contributed by atoms with Gasteiger partial charge >= 0.3 is 0 Å². The molecule has 0 aliphatic heterocycles. The van der Waals surface area contributed by atoms with Crippen molar-refractivity contribution in [1.82, 2.24) is 4.98 Å². The van der Waals surface area contributed by atoms with Crippen molar-refractivity contribution in [3.63, 3.8) is 0 Å². The van der Waals surface area contributed by atoms with E-state index in [9.17, 15) is 0 Å². The van der Waals surface area contributed by atoms with Crippen LogP contribution < -0.4 is 16.4 Å². The van der Waals surface area contributed by atoms with E-state index in [0.29, 0.717) is 5.69 Å². The van der Waals surface area contributed by atoms with E-state index in [1.807, 2.05) is 31.1 Å². The molecular formula is C8H13N5. The Kier molecular flexibility index (Phi) is 2.69. The van der Waals surface area contributed by atoms with Gasteiger partial charge in [-0.05, 0) is 12.1 Å². The van der Waals surface area contributed by atoms with Crippen LogP contribution in [-0.2, 0) is 0 Å². The molecule has 70 valence electrons. The van der Waals surface area contributed by atoms with Crippen LogP contribution in [0.25, 0.3) is 0 Å². The molecule has 0 unspecified atom stereocenters. The Balaban J connectivity index is 2.88. The second-order valence-corrected chi connectivity index (χ2v) is 2.81. The Morgan fingerprint density at radius 2 is 2.08 bits per heavy atom. The normalized spacial score (nSPS) is 9.38. The first-order chi connectivity index (χ1) is 6.09. The van der Waals surface area contributed by atoms with E-state index < -0.39 is 0 Å². The van der Waals surface area contributed by atoms with Gasteiger partial charge in [-0.1, -0.05) is 0 Å². The van der Waals surface area contributed by atoms with Gasteiger partial charge in [-0.2, -0.15) is 0 Å². The minimum absolute atomic E-state index is 0.0411. The first kappa shape index (κ1) is 9.31. The number of rotatable bonds is 2. The predicted molar refractivity (Wildman–Crippen MR) is 54.0 cm³/mol. The Bertz CT molecular complexity index is 297. The van der Waals surface area contributed by atoms with Crippen LogP contribution in [0.5, 0.6) is 0 Å². The van der Waals surface area contributed by atoms with Crippen molar-refractivity contribution >= 4 is 17.5 Å². The molecule has 1 heterocycles. The summed E-state index contributed by atoms with van der Waals surface area (Å²) in [4.78, 5) is 9.89. The molecule has 0 aliphatic carbocycles. The van der Waals surface area contributed by atoms with Crippen molar-refractivity contribution < 1.29 is 0 Å². The van der Waals surface area contributed by atoms with Gasteiger partial charge in [0.1, 0.15) is 5.82 Å². The lowest BCUT2D eigenvalue weighted by molar-refractivity contribution is 1.07. The van der Waals surface area contributed by atoms with Gasteiger partial charge in [0.05, 0.1) is 11.9 Å². The second-order valence-electron chi connectivity index (χ2n) is 2.81. The molecule has 5 nitrogen and oxygen atoms in total. The number of nitrogens with two attached hydrogens (primary N) is 2. The quantitative estimate of drug-likeness (QED) is 0.496. The molecular weight excluding hydrogens is 166 g/mol. The average Bonchev–Trinajstić information content (AvgIpc) is 2.04. The Morgan fingerprint density at radius 1 is 1.38 bits per heavy atom. The van der Waals surface area contributed by atoms with Crippen LogP contribution in [0, 0.1) is 0 Å². The monoisotopic (exact) mass is 179 g/mol. The second kappa shape index (κ2) is 3.75. The highest BCUT2D eigenvalue weighted by molar-refractivity contribution is 5.78. The van der Waals surface area contributed by atoms with E-state index in [1.165, 1.54) is 0 Å². The van der Waals surface area contributed by atoms with Crippen LogP contribution in [0.4, 0.5) is 11.5 Å². The van der Waals surface area contributed by atoms with Crippen molar-refractivity contribution in [2.24, 2.45) is 16.5 Å². The molecule has 1 aromatic heterocycles. The maximum absolute atomic E-state index is 5.21. The Labute approximate surface area is 77.1 Å². The maximum atomic E-state index is 5.21. The molecule has 0 aliphatic rings. The van der Waals surface area contributed by atoms with Crippen LogP contribution in [0.2, 0.25) is 0 Å². The lowest BCUT2D eigenvalue weighted by Crippen LogP contribution is -2.21. The summed E-state index contributed by atoms with van der Waals surface area (Å²) >= 11 is 0. The molecule has 0 radical (unpaired) electrons. The van der Waals surface area contributed by atoms with Gasteiger partial charge < -0.3 is 16.4 Å². The zero-order valence-electron chi connectivity index (χ0n) is 7.73. The van der Waals surface area contributed by atoms with Gasteiger partial charge in [-0.15, -0.1) is 0 Å². The summed E-state index contributed by atoms with van der Waals surface area (Å²) in [6.07, 6.45) is 1.62. The summed E-state index contributed by atoms with van der Waals surface area (Å²) in [5.74, 6) is 0.911. The fraction of sp³-hybridized carbons (Fsp3) is 0.250. The third-order valence-corrected chi connectivity index (χ3v) is 1.45. The molecule has 0 atom stereocenters. The van der Waals surface area contributed by atoms with Crippen molar-refractivity contribution in [3.05, 3.63) is 18.3 Å². The molecule has 1 rings (SSSR count). The molecule has 13 heavy (non-hydrogen) atoms. The van der Waals surface area contributed by atoms with E-state index >= 15 is 0 Å². The topological polar surface area (TPSA) is 80.5 Å². The number of hydrogen-bond donors (Lipinski definition) is 2. The molecule has 5 heteroatoms. The molecule has 0 amide bonds. The van der Waals surface area contributed by atoms with Crippen LogP contribution in [0.15, 0.2) is 23.3 Å². The Morgan fingerprint density at radius 3 is 2.46 bits per heavy atom. The molecule has 0 aromatic carbocycles. The number of pyridine rings is 1. The van der Waals surface area contributed by atoms with Gasteiger partial charge in [-0.25, -0.2) is 9.98 Å². The molecule has 0 fully saturated rings. The summed E-state index contributed by atoms with van der Waals surface area (Å²) in [7, 11) is 3.84. The SMILES string of the molecule is CN(C)c1ccc(N=C(N)N)cn1. The summed E-state index contributed by atoms with van der Waals surface area (Å²) in [6, 6.07) is 3.66. The van der Waals surface area contributed by atoms with Gasteiger partial charge in [0.25, 0.3) is 0 Å². The third-order valence-electron chi connectivity index (χ3n) is 1.45. The number of anilines is 1. The third kappa shape index (κ3) is 2.62. The van der Waals surface area contributed by atoms with Crippen molar-refractivity contribution in [1.29, 1.82) is 0 Å². The van der Waals surface area contributed by atoms with E-state index in [2.05, 4.69) is 9.98 Å². The number of nitrogens with zero attached hydrogens (tertiary/aromatic N) is 3. The lowest BCUT2D eigenvalue weighted by Gasteiger charge is -2.09. The van der Waals surface area contributed by atoms with Crippen LogP contribution in [0.3, 0.4) is 0 Å². The van der Waals surface area contributed by atoms with E-state index in [4.69, 9.17) is 11.5 Å². The van der Waals surface area contributed by atoms with Crippen molar-refractivity contribution in [2.75, 3.05) is 19.0 Å². The van der Waals surface area contributed by atoms with Gasteiger partial charge in [-0.3, -0.25) is 0 Å². The highest BCUT2D eigenvalue weighted by Gasteiger charge is 1.95. The van der Waals surface area contributed by atoms with Crippen molar-refractivity contribution in [3.8, 4) is 0 Å². The summed E-state index contributed by atoms with van der Waals surface area (Å²) in [5.41, 5.74) is 11.1. The fourth-order valence-corrected chi connectivity index (χ4v) is 0.858. The first-order valence-electron chi connectivity index (χ1n) is 3.82. The summed E-state index contributed by atoms with van der Waals surface area (Å²) in [6.45, 7) is 0. The van der Waals surface area contributed by atoms with Crippen molar-refractivity contribution in [2.45, 2.75) is 0 Å².